The molecule has 8 nitrogen and oxygen atoms in total. The average Bonchev–Trinajstić information content (AvgIpc) is 3.20. The summed E-state index contributed by atoms with van der Waals surface area (Å²) in [4.78, 5) is 30.9. The SMILES string of the molecule is Cc1cccnc1-c1cnc(N2CC3(COC3)c3ccc(C(=O)N4CCOCC4)cc32)nc1. The van der Waals surface area contributed by atoms with Gasteiger partial charge in [-0.2, -0.15) is 0 Å². The molecular weight excluding hydrogens is 418 g/mol. The maximum atomic E-state index is 13.1. The lowest BCUT2D eigenvalue weighted by Crippen LogP contribution is -2.49. The van der Waals surface area contributed by atoms with E-state index in [0.717, 1.165) is 29.1 Å². The van der Waals surface area contributed by atoms with Crippen molar-refractivity contribution in [2.75, 3.05) is 51.0 Å². The Hall–Kier alpha value is -3.36. The van der Waals surface area contributed by atoms with Gasteiger partial charge in [0.05, 0.1) is 37.5 Å². The summed E-state index contributed by atoms with van der Waals surface area (Å²) in [7, 11) is 0. The first-order valence-electron chi connectivity index (χ1n) is 11.3. The van der Waals surface area contributed by atoms with Gasteiger partial charge in [0.15, 0.2) is 0 Å². The fraction of sp³-hybridized carbons (Fsp3) is 0.360. The highest BCUT2D eigenvalue weighted by Crippen LogP contribution is 2.47. The number of anilines is 2. The summed E-state index contributed by atoms with van der Waals surface area (Å²) in [5.74, 6) is 0.655. The van der Waals surface area contributed by atoms with E-state index in [0.29, 0.717) is 51.0 Å². The van der Waals surface area contributed by atoms with Gasteiger partial charge in [-0.15, -0.1) is 0 Å². The molecule has 5 heterocycles. The van der Waals surface area contributed by atoms with E-state index in [-0.39, 0.29) is 11.3 Å². The van der Waals surface area contributed by atoms with Gasteiger partial charge in [-0.1, -0.05) is 12.1 Å². The van der Waals surface area contributed by atoms with Crippen LogP contribution in [0.2, 0.25) is 0 Å². The maximum absolute atomic E-state index is 13.1. The lowest BCUT2D eigenvalue weighted by atomic mass is 9.80. The van der Waals surface area contributed by atoms with Crippen LogP contribution in [0.3, 0.4) is 0 Å². The quantitative estimate of drug-likeness (QED) is 0.616. The molecule has 0 unspecified atom stereocenters. The van der Waals surface area contributed by atoms with Crippen LogP contribution in [-0.4, -0.2) is 71.8 Å². The lowest BCUT2D eigenvalue weighted by Gasteiger charge is -2.38. The number of carbonyl (C=O) groups is 1. The van der Waals surface area contributed by atoms with Crippen LogP contribution in [-0.2, 0) is 14.9 Å². The van der Waals surface area contributed by atoms with E-state index in [4.69, 9.17) is 9.47 Å². The number of hydrogen-bond acceptors (Lipinski definition) is 7. The highest BCUT2D eigenvalue weighted by atomic mass is 16.5. The molecule has 3 aliphatic rings. The Balaban J connectivity index is 1.34. The Morgan fingerprint density at radius 2 is 1.82 bits per heavy atom. The predicted molar refractivity (Wildman–Crippen MR) is 123 cm³/mol. The molecule has 3 aliphatic heterocycles. The average molecular weight is 444 g/mol. The van der Waals surface area contributed by atoms with Crippen LogP contribution >= 0.6 is 0 Å². The Bertz CT molecular complexity index is 1200. The summed E-state index contributed by atoms with van der Waals surface area (Å²) in [6, 6.07) is 9.96. The second-order valence-corrected chi connectivity index (χ2v) is 8.94. The number of aromatic nitrogens is 3. The lowest BCUT2D eigenvalue weighted by molar-refractivity contribution is -0.0507. The van der Waals surface area contributed by atoms with Crippen molar-refractivity contribution < 1.29 is 14.3 Å². The van der Waals surface area contributed by atoms with E-state index in [1.165, 1.54) is 5.56 Å². The van der Waals surface area contributed by atoms with Gasteiger partial charge >= 0.3 is 0 Å². The molecule has 8 heteroatoms. The van der Waals surface area contributed by atoms with E-state index >= 15 is 0 Å². The monoisotopic (exact) mass is 443 g/mol. The normalized spacial score (nSPS) is 18.8. The minimum absolute atomic E-state index is 0.0359. The zero-order valence-electron chi connectivity index (χ0n) is 18.5. The first-order valence-corrected chi connectivity index (χ1v) is 11.3. The van der Waals surface area contributed by atoms with Gasteiger partial charge < -0.3 is 19.3 Å². The van der Waals surface area contributed by atoms with Gasteiger partial charge in [0.1, 0.15) is 0 Å². The van der Waals surface area contributed by atoms with Gasteiger partial charge in [-0.05, 0) is 36.2 Å². The van der Waals surface area contributed by atoms with Crippen molar-refractivity contribution in [1.82, 2.24) is 19.9 Å². The molecule has 0 bridgehead atoms. The molecule has 2 aromatic heterocycles. The third-order valence-corrected chi connectivity index (χ3v) is 6.79. The summed E-state index contributed by atoms with van der Waals surface area (Å²) < 4.78 is 11.0. The minimum atomic E-state index is -0.0739. The summed E-state index contributed by atoms with van der Waals surface area (Å²) in [6.07, 6.45) is 5.42. The molecule has 1 spiro atoms. The van der Waals surface area contributed by atoms with Crippen molar-refractivity contribution >= 4 is 17.5 Å². The number of benzene rings is 1. The molecule has 1 aromatic carbocycles. The van der Waals surface area contributed by atoms with Crippen LogP contribution in [0, 0.1) is 6.92 Å². The fourth-order valence-electron chi connectivity index (χ4n) is 4.90. The number of aryl methyl sites for hydroxylation is 1. The predicted octanol–water partition coefficient (Wildman–Crippen LogP) is 2.74. The Morgan fingerprint density at radius 1 is 1.03 bits per heavy atom. The Labute approximate surface area is 192 Å². The van der Waals surface area contributed by atoms with Gasteiger partial charge in [0, 0.05) is 55.0 Å². The van der Waals surface area contributed by atoms with Gasteiger partial charge in [0.25, 0.3) is 5.91 Å². The van der Waals surface area contributed by atoms with Crippen molar-refractivity contribution in [3.63, 3.8) is 0 Å². The van der Waals surface area contributed by atoms with Gasteiger partial charge in [-0.3, -0.25) is 9.78 Å². The summed E-state index contributed by atoms with van der Waals surface area (Å²) in [5, 5.41) is 0. The number of amides is 1. The van der Waals surface area contributed by atoms with E-state index < -0.39 is 0 Å². The number of morpholine rings is 1. The van der Waals surface area contributed by atoms with Crippen LogP contribution in [0.5, 0.6) is 0 Å². The molecule has 0 atom stereocenters. The summed E-state index contributed by atoms with van der Waals surface area (Å²) >= 11 is 0. The minimum Gasteiger partial charge on any atom is -0.379 e. The fourth-order valence-corrected chi connectivity index (χ4v) is 4.90. The van der Waals surface area contributed by atoms with Crippen LogP contribution in [0.25, 0.3) is 11.3 Å². The molecular formula is C25H25N5O3. The number of rotatable bonds is 3. The second kappa shape index (κ2) is 7.90. The second-order valence-electron chi connectivity index (χ2n) is 8.94. The number of pyridine rings is 1. The molecule has 0 N–H and O–H groups in total. The summed E-state index contributed by atoms with van der Waals surface area (Å²) in [6.45, 7) is 6.50. The molecule has 168 valence electrons. The van der Waals surface area contributed by atoms with Crippen LogP contribution in [0.4, 0.5) is 11.6 Å². The number of fused-ring (bicyclic) bond motifs is 2. The van der Waals surface area contributed by atoms with Crippen molar-refractivity contribution in [3.05, 3.63) is 65.6 Å². The number of ether oxygens (including phenoxy) is 2. The van der Waals surface area contributed by atoms with Gasteiger partial charge in [-0.25, -0.2) is 9.97 Å². The van der Waals surface area contributed by atoms with E-state index in [1.54, 1.807) is 6.20 Å². The maximum Gasteiger partial charge on any atom is 0.254 e. The van der Waals surface area contributed by atoms with E-state index in [1.807, 2.05) is 48.5 Å². The Morgan fingerprint density at radius 3 is 2.52 bits per heavy atom. The summed E-state index contributed by atoms with van der Waals surface area (Å²) in [5.41, 5.74) is 5.63. The van der Waals surface area contributed by atoms with Crippen LogP contribution in [0.15, 0.2) is 48.9 Å². The Kier molecular flexibility index (Phi) is 4.85. The molecule has 0 saturated carbocycles. The first kappa shape index (κ1) is 20.3. The van der Waals surface area contributed by atoms with Crippen molar-refractivity contribution in [1.29, 1.82) is 0 Å². The molecule has 33 heavy (non-hydrogen) atoms. The molecule has 0 aliphatic carbocycles. The van der Waals surface area contributed by atoms with Gasteiger partial charge in [0.2, 0.25) is 5.95 Å². The van der Waals surface area contributed by atoms with E-state index in [9.17, 15) is 4.79 Å². The standard InChI is InChI=1S/C25H25N5O3/c1-17-3-2-6-26-22(17)19-12-27-24(28-13-19)30-14-25(15-33-16-25)20-5-4-18(11-21(20)30)23(31)29-7-9-32-10-8-29/h2-6,11-13H,7-10,14-16H2,1H3. The molecule has 0 radical (unpaired) electrons. The topological polar surface area (TPSA) is 80.7 Å². The largest absolute Gasteiger partial charge is 0.379 e. The molecule has 3 aromatic rings. The zero-order valence-corrected chi connectivity index (χ0v) is 18.5. The first-order chi connectivity index (χ1) is 16.1. The third kappa shape index (κ3) is 3.37. The van der Waals surface area contributed by atoms with Crippen molar-refractivity contribution in [2.45, 2.75) is 12.3 Å². The number of nitrogens with zero attached hydrogens (tertiary/aromatic N) is 5. The third-order valence-electron chi connectivity index (χ3n) is 6.79. The van der Waals surface area contributed by atoms with Crippen LogP contribution < -0.4 is 4.90 Å². The molecule has 2 fully saturated rings. The number of hydrogen-bond donors (Lipinski definition) is 0. The highest BCUT2D eigenvalue weighted by Gasteiger charge is 2.49. The van der Waals surface area contributed by atoms with Crippen molar-refractivity contribution in [3.8, 4) is 11.3 Å². The molecule has 2 saturated heterocycles. The molecule has 1 amide bonds. The highest BCUT2D eigenvalue weighted by molar-refractivity contribution is 5.96. The van der Waals surface area contributed by atoms with Crippen LogP contribution in [0.1, 0.15) is 21.5 Å². The smallest absolute Gasteiger partial charge is 0.254 e. The van der Waals surface area contributed by atoms with E-state index in [2.05, 4.69) is 25.9 Å². The van der Waals surface area contributed by atoms with Crippen molar-refractivity contribution in [2.24, 2.45) is 0 Å². The molecule has 6 rings (SSSR count). The zero-order chi connectivity index (χ0) is 22.4. The number of carbonyl (C=O) groups excluding carboxylic acids is 1.